The van der Waals surface area contributed by atoms with E-state index < -0.39 is 10.0 Å². The van der Waals surface area contributed by atoms with Crippen LogP contribution in [0.15, 0.2) is 75.9 Å². The molecular formula is C17H18S. The molecule has 0 bridgehead atoms. The first-order chi connectivity index (χ1) is 8.87. The summed E-state index contributed by atoms with van der Waals surface area (Å²) in [5.74, 6) is 1.19. The fourth-order valence-corrected chi connectivity index (χ4v) is 6.13. The molecular weight excluding hydrogens is 236 g/mol. The molecule has 0 aromatic heterocycles. The second-order valence-electron chi connectivity index (χ2n) is 4.58. The Bertz CT molecular complexity index is 571. The van der Waals surface area contributed by atoms with Crippen LogP contribution in [0.2, 0.25) is 0 Å². The van der Waals surface area contributed by atoms with E-state index in [9.17, 15) is 0 Å². The van der Waals surface area contributed by atoms with Gasteiger partial charge in [0, 0.05) is 4.90 Å². The van der Waals surface area contributed by atoms with Crippen LogP contribution >= 0.6 is 10.0 Å². The average molecular weight is 254 g/mol. The molecule has 0 spiro atoms. The lowest BCUT2D eigenvalue weighted by Gasteiger charge is -2.40. The quantitative estimate of drug-likeness (QED) is 0.707. The van der Waals surface area contributed by atoms with E-state index in [1.807, 2.05) is 0 Å². The van der Waals surface area contributed by atoms with Crippen molar-refractivity contribution in [3.05, 3.63) is 71.6 Å². The van der Waals surface area contributed by atoms with E-state index in [1.54, 1.807) is 4.90 Å². The number of rotatable bonds is 2. The highest BCUT2D eigenvalue weighted by Gasteiger charge is 2.28. The van der Waals surface area contributed by atoms with Crippen LogP contribution in [0, 0.1) is 0 Å². The molecule has 1 heteroatoms. The molecule has 2 aromatic rings. The Morgan fingerprint density at radius 2 is 1.67 bits per heavy atom. The summed E-state index contributed by atoms with van der Waals surface area (Å²) in [6.07, 6.45) is 3.44. The predicted molar refractivity (Wildman–Crippen MR) is 80.4 cm³/mol. The second-order valence-corrected chi connectivity index (χ2v) is 7.93. The van der Waals surface area contributed by atoms with Crippen LogP contribution in [-0.2, 0) is 6.42 Å². The summed E-state index contributed by atoms with van der Waals surface area (Å²) in [5, 5.41) is 2.48. The van der Waals surface area contributed by atoms with Gasteiger partial charge in [0.2, 0.25) is 0 Å². The third-order valence-corrected chi connectivity index (χ3v) is 7.51. The van der Waals surface area contributed by atoms with E-state index in [2.05, 4.69) is 73.0 Å². The summed E-state index contributed by atoms with van der Waals surface area (Å²) in [5.41, 5.74) is 1.50. The van der Waals surface area contributed by atoms with Crippen molar-refractivity contribution in [1.29, 1.82) is 0 Å². The Labute approximate surface area is 111 Å². The molecule has 0 saturated heterocycles. The van der Waals surface area contributed by atoms with E-state index in [4.69, 9.17) is 0 Å². The molecule has 1 atom stereocenters. The summed E-state index contributed by atoms with van der Waals surface area (Å²) in [4.78, 5) is 3.04. The summed E-state index contributed by atoms with van der Waals surface area (Å²) >= 11 is 0. The highest BCUT2D eigenvalue weighted by atomic mass is 32.3. The van der Waals surface area contributed by atoms with Crippen molar-refractivity contribution in [2.24, 2.45) is 0 Å². The number of hydrogen-bond donors (Lipinski definition) is 0. The minimum Gasteiger partial charge on any atom is -0.167 e. The van der Waals surface area contributed by atoms with E-state index in [0.717, 1.165) is 6.42 Å². The Morgan fingerprint density at radius 3 is 2.44 bits per heavy atom. The van der Waals surface area contributed by atoms with Crippen molar-refractivity contribution in [3.8, 4) is 0 Å². The highest BCUT2D eigenvalue weighted by molar-refractivity contribution is 8.36. The first-order valence-corrected chi connectivity index (χ1v) is 8.34. The number of hydrogen-bond acceptors (Lipinski definition) is 0. The Hall–Kier alpha value is -1.47. The molecule has 0 aliphatic carbocycles. The molecule has 2 aromatic carbocycles. The van der Waals surface area contributed by atoms with Gasteiger partial charge in [0.15, 0.2) is 0 Å². The fourth-order valence-electron chi connectivity index (χ4n) is 2.73. The van der Waals surface area contributed by atoms with Gasteiger partial charge in [0.05, 0.1) is 0 Å². The maximum Gasteiger partial charge on any atom is 0.00114 e. The zero-order chi connectivity index (χ0) is 12.4. The minimum atomic E-state index is -0.954. The van der Waals surface area contributed by atoms with Gasteiger partial charge in [-0.3, -0.25) is 0 Å². The maximum atomic E-state index is 2.48. The van der Waals surface area contributed by atoms with E-state index in [-0.39, 0.29) is 0 Å². The number of fused-ring (bicyclic) bond motifs is 1. The van der Waals surface area contributed by atoms with Gasteiger partial charge in [-0.15, -0.1) is 0 Å². The Morgan fingerprint density at radius 1 is 0.944 bits per heavy atom. The molecule has 0 saturated carbocycles. The largest absolute Gasteiger partial charge is 0.167 e. The molecule has 92 valence electrons. The average Bonchev–Trinajstić information content (AvgIpc) is 2.47. The van der Waals surface area contributed by atoms with Gasteiger partial charge in [-0.25, -0.2) is 0 Å². The topological polar surface area (TPSA) is 0 Å². The summed E-state index contributed by atoms with van der Waals surface area (Å²) in [6, 6.07) is 19.9. The van der Waals surface area contributed by atoms with Gasteiger partial charge >= 0.3 is 0 Å². The van der Waals surface area contributed by atoms with E-state index >= 15 is 0 Å². The smallest absolute Gasteiger partial charge is 0.00114 e. The van der Waals surface area contributed by atoms with Gasteiger partial charge in [0.25, 0.3) is 0 Å². The zero-order valence-electron chi connectivity index (χ0n) is 10.7. The molecule has 1 unspecified atom stereocenters. The van der Waals surface area contributed by atoms with E-state index in [1.165, 1.54) is 16.2 Å². The van der Waals surface area contributed by atoms with E-state index in [0.29, 0.717) is 0 Å². The molecule has 0 fully saturated rings. The van der Waals surface area contributed by atoms with Crippen molar-refractivity contribution in [2.75, 3.05) is 5.75 Å². The normalized spacial score (nSPS) is 25.2. The van der Waals surface area contributed by atoms with Gasteiger partial charge in [-0.2, -0.15) is 10.0 Å². The van der Waals surface area contributed by atoms with Crippen LogP contribution in [0.5, 0.6) is 0 Å². The summed E-state index contributed by atoms with van der Waals surface area (Å²) < 4.78 is 0. The highest BCUT2D eigenvalue weighted by Crippen LogP contribution is 2.65. The molecule has 1 aliphatic heterocycles. The molecule has 0 radical (unpaired) electrons. The first kappa shape index (κ1) is 11.6. The Kier molecular flexibility index (Phi) is 3.00. The van der Waals surface area contributed by atoms with Gasteiger partial charge in [-0.1, -0.05) is 49.4 Å². The summed E-state index contributed by atoms with van der Waals surface area (Å²) in [6.45, 7) is 2.31. The number of allylic oxidation sites excluding steroid dienone is 1. The maximum absolute atomic E-state index is 2.48. The van der Waals surface area contributed by atoms with Crippen LogP contribution in [-0.4, -0.2) is 5.75 Å². The Balaban J connectivity index is 2.23. The number of benzene rings is 2. The molecule has 3 rings (SSSR count). The van der Waals surface area contributed by atoms with Gasteiger partial charge in [-0.05, 0) is 46.2 Å². The standard InChI is InChI=1S/C17H18S/c1-2-18(16-11-4-3-5-12-16)14-8-10-15-9-6-7-13-17(15)18/h3-9,11-14H,2,10H2,1H3. The minimum absolute atomic E-state index is 0.954. The van der Waals surface area contributed by atoms with Crippen molar-refractivity contribution in [2.45, 2.75) is 23.1 Å². The SMILES string of the molecule is CCS1(c2ccccc2)C=CCc2ccccc21. The lowest BCUT2D eigenvalue weighted by molar-refractivity contribution is 1.14. The molecule has 0 nitrogen and oxygen atoms in total. The lowest BCUT2D eigenvalue weighted by atomic mass is 10.1. The van der Waals surface area contributed by atoms with Crippen molar-refractivity contribution in [1.82, 2.24) is 0 Å². The molecule has 0 N–H and O–H groups in total. The summed E-state index contributed by atoms with van der Waals surface area (Å²) in [7, 11) is -0.954. The molecule has 18 heavy (non-hydrogen) atoms. The van der Waals surface area contributed by atoms with Gasteiger partial charge in [0.1, 0.15) is 0 Å². The van der Waals surface area contributed by atoms with Crippen LogP contribution in [0.4, 0.5) is 0 Å². The predicted octanol–water partition coefficient (Wildman–Crippen LogP) is 5.00. The van der Waals surface area contributed by atoms with Crippen molar-refractivity contribution < 1.29 is 0 Å². The molecule has 1 heterocycles. The monoisotopic (exact) mass is 254 g/mol. The second kappa shape index (κ2) is 4.66. The molecule has 1 aliphatic rings. The van der Waals surface area contributed by atoms with Crippen LogP contribution in [0.1, 0.15) is 12.5 Å². The molecule has 0 amide bonds. The van der Waals surface area contributed by atoms with Crippen molar-refractivity contribution in [3.63, 3.8) is 0 Å². The van der Waals surface area contributed by atoms with Crippen LogP contribution in [0.25, 0.3) is 0 Å². The van der Waals surface area contributed by atoms with Gasteiger partial charge < -0.3 is 0 Å². The lowest BCUT2D eigenvalue weighted by Crippen LogP contribution is -2.08. The van der Waals surface area contributed by atoms with Crippen molar-refractivity contribution >= 4 is 10.0 Å². The zero-order valence-corrected chi connectivity index (χ0v) is 11.5. The van der Waals surface area contributed by atoms with Crippen LogP contribution < -0.4 is 0 Å². The fraction of sp³-hybridized carbons (Fsp3) is 0.176. The third-order valence-electron chi connectivity index (χ3n) is 3.65. The third kappa shape index (κ3) is 1.70. The first-order valence-electron chi connectivity index (χ1n) is 6.47. The van der Waals surface area contributed by atoms with Crippen LogP contribution in [0.3, 0.4) is 0 Å².